The fourth-order valence-electron chi connectivity index (χ4n) is 2.48. The van der Waals surface area contributed by atoms with Crippen LogP contribution >= 0.6 is 0 Å². The van der Waals surface area contributed by atoms with E-state index in [4.69, 9.17) is 5.26 Å². The van der Waals surface area contributed by atoms with Gasteiger partial charge in [-0.05, 0) is 18.2 Å². The first-order valence-electron chi connectivity index (χ1n) is 7.85. The molecule has 0 aliphatic rings. The molecule has 0 N–H and O–H groups in total. The maximum Gasteiger partial charge on any atom is 0.101 e. The molecule has 3 rings (SSSR count). The van der Waals surface area contributed by atoms with Crippen molar-refractivity contribution in [3.05, 3.63) is 72.2 Å². The number of pyridine rings is 1. The number of aromatic nitrogens is 3. The minimum Gasteiger partial charge on any atom is -0.270 e. The van der Waals surface area contributed by atoms with Gasteiger partial charge in [0.15, 0.2) is 0 Å². The number of hydrogen-bond donors (Lipinski definition) is 0. The number of nitrogens with zero attached hydrogens (tertiary/aromatic N) is 5. The van der Waals surface area contributed by atoms with Crippen LogP contribution in [-0.4, -0.2) is 14.8 Å². The summed E-state index contributed by atoms with van der Waals surface area (Å²) in [7, 11) is 0. The maximum absolute atomic E-state index is 9.52. The van der Waals surface area contributed by atoms with Crippen molar-refractivity contribution in [2.75, 3.05) is 0 Å². The van der Waals surface area contributed by atoms with Crippen LogP contribution in [0.25, 0.3) is 22.9 Å². The van der Waals surface area contributed by atoms with Crippen molar-refractivity contribution >= 4 is 11.6 Å². The highest BCUT2D eigenvalue weighted by Crippen LogP contribution is 2.26. The zero-order chi connectivity index (χ0) is 17.5. The van der Waals surface area contributed by atoms with Crippen molar-refractivity contribution in [1.82, 2.24) is 14.8 Å². The van der Waals surface area contributed by atoms with Crippen molar-refractivity contribution in [3.8, 4) is 23.4 Å². The fourth-order valence-corrected chi connectivity index (χ4v) is 2.48. The lowest BCUT2D eigenvalue weighted by molar-refractivity contribution is 0.629. The summed E-state index contributed by atoms with van der Waals surface area (Å²) in [6.45, 7) is 0.510. The van der Waals surface area contributed by atoms with E-state index in [1.807, 2.05) is 48.7 Å². The van der Waals surface area contributed by atoms with Crippen molar-refractivity contribution < 1.29 is 0 Å². The van der Waals surface area contributed by atoms with Crippen LogP contribution in [0.5, 0.6) is 0 Å². The van der Waals surface area contributed by atoms with Crippen molar-refractivity contribution in [1.29, 1.82) is 10.5 Å². The molecule has 5 heteroatoms. The first-order chi connectivity index (χ1) is 12.3. The molecular weight excluding hydrogens is 310 g/mol. The molecule has 0 spiro atoms. The Morgan fingerprint density at radius 2 is 1.88 bits per heavy atom. The van der Waals surface area contributed by atoms with E-state index >= 15 is 0 Å². The monoisotopic (exact) mass is 325 g/mol. The van der Waals surface area contributed by atoms with E-state index in [9.17, 15) is 5.26 Å². The third kappa shape index (κ3) is 3.80. The third-order valence-corrected chi connectivity index (χ3v) is 3.65. The minimum absolute atomic E-state index is 0.379. The highest BCUT2D eigenvalue weighted by atomic mass is 15.3. The van der Waals surface area contributed by atoms with Gasteiger partial charge in [-0.15, -0.1) is 0 Å². The molecule has 3 aromatic rings. The second-order valence-electron chi connectivity index (χ2n) is 5.36. The van der Waals surface area contributed by atoms with Gasteiger partial charge in [0.05, 0.1) is 36.0 Å². The molecule has 2 aromatic heterocycles. The normalized spacial score (nSPS) is 10.9. The van der Waals surface area contributed by atoms with Crippen molar-refractivity contribution in [2.45, 2.75) is 13.0 Å². The van der Waals surface area contributed by atoms with E-state index in [2.05, 4.69) is 22.2 Å². The molecule has 2 heterocycles. The Hall–Kier alpha value is -3.70. The summed E-state index contributed by atoms with van der Waals surface area (Å²) in [4.78, 5) is 4.24. The Bertz CT molecular complexity index is 957. The first kappa shape index (κ1) is 16.2. The van der Waals surface area contributed by atoms with Crippen LogP contribution in [0.2, 0.25) is 0 Å². The molecule has 0 saturated carbocycles. The summed E-state index contributed by atoms with van der Waals surface area (Å²) < 4.78 is 1.74. The SMILES string of the molecule is N#CCCn1cc(/C=C(/C#N)c2ccccn2)c(-c2ccccc2)n1. The van der Waals surface area contributed by atoms with Gasteiger partial charge in [-0.2, -0.15) is 15.6 Å². The summed E-state index contributed by atoms with van der Waals surface area (Å²) in [5.41, 5.74) is 3.66. The second-order valence-corrected chi connectivity index (χ2v) is 5.36. The Morgan fingerprint density at radius 1 is 1.08 bits per heavy atom. The topological polar surface area (TPSA) is 78.3 Å². The first-order valence-corrected chi connectivity index (χ1v) is 7.85. The lowest BCUT2D eigenvalue weighted by Gasteiger charge is -2.00. The van der Waals surface area contributed by atoms with Gasteiger partial charge < -0.3 is 0 Å². The molecule has 0 radical (unpaired) electrons. The average molecular weight is 325 g/mol. The summed E-state index contributed by atoms with van der Waals surface area (Å²) in [5, 5.41) is 22.9. The molecule has 0 bridgehead atoms. The summed E-state index contributed by atoms with van der Waals surface area (Å²) in [6, 6.07) is 19.6. The van der Waals surface area contributed by atoms with Crippen LogP contribution in [0.3, 0.4) is 0 Å². The largest absolute Gasteiger partial charge is 0.270 e. The molecule has 0 amide bonds. The fraction of sp³-hybridized carbons (Fsp3) is 0.100. The predicted molar refractivity (Wildman–Crippen MR) is 95.6 cm³/mol. The molecule has 0 saturated heterocycles. The van der Waals surface area contributed by atoms with E-state index in [0.29, 0.717) is 24.2 Å². The lowest BCUT2D eigenvalue weighted by Crippen LogP contribution is -1.97. The summed E-state index contributed by atoms with van der Waals surface area (Å²) in [6.07, 6.45) is 5.69. The smallest absolute Gasteiger partial charge is 0.101 e. The number of rotatable bonds is 5. The van der Waals surface area contributed by atoms with Gasteiger partial charge in [0, 0.05) is 23.5 Å². The number of allylic oxidation sites excluding steroid dienone is 1. The van der Waals surface area contributed by atoms with Crippen LogP contribution in [-0.2, 0) is 6.54 Å². The molecule has 120 valence electrons. The Labute approximate surface area is 146 Å². The average Bonchev–Trinajstić information content (AvgIpc) is 3.08. The molecule has 0 aliphatic heterocycles. The highest BCUT2D eigenvalue weighted by molar-refractivity contribution is 5.91. The number of nitriles is 2. The predicted octanol–water partition coefficient (Wildman–Crippen LogP) is 3.92. The van der Waals surface area contributed by atoms with Crippen LogP contribution in [0, 0.1) is 22.7 Å². The second kappa shape index (κ2) is 7.72. The lowest BCUT2D eigenvalue weighted by atomic mass is 10.0. The van der Waals surface area contributed by atoms with Gasteiger partial charge in [0.1, 0.15) is 6.07 Å². The summed E-state index contributed by atoms with van der Waals surface area (Å²) in [5.74, 6) is 0. The van der Waals surface area contributed by atoms with E-state index in [1.54, 1.807) is 23.0 Å². The molecule has 0 atom stereocenters. The van der Waals surface area contributed by atoms with Crippen LogP contribution in [0.15, 0.2) is 60.9 Å². The Kier molecular flexibility index (Phi) is 4.99. The minimum atomic E-state index is 0.379. The number of aryl methyl sites for hydroxylation is 1. The van der Waals surface area contributed by atoms with Gasteiger partial charge >= 0.3 is 0 Å². The van der Waals surface area contributed by atoms with Gasteiger partial charge in [-0.1, -0.05) is 36.4 Å². The van der Waals surface area contributed by atoms with Crippen LogP contribution in [0.1, 0.15) is 17.7 Å². The zero-order valence-electron chi connectivity index (χ0n) is 13.5. The maximum atomic E-state index is 9.52. The molecule has 5 nitrogen and oxygen atoms in total. The molecule has 0 unspecified atom stereocenters. The molecule has 0 fully saturated rings. The third-order valence-electron chi connectivity index (χ3n) is 3.65. The molecule has 1 aromatic carbocycles. The van der Waals surface area contributed by atoms with E-state index in [0.717, 1.165) is 16.8 Å². The van der Waals surface area contributed by atoms with Crippen molar-refractivity contribution in [2.24, 2.45) is 0 Å². The Morgan fingerprint density at radius 3 is 2.56 bits per heavy atom. The highest BCUT2D eigenvalue weighted by Gasteiger charge is 2.11. The van der Waals surface area contributed by atoms with Crippen LogP contribution in [0.4, 0.5) is 0 Å². The van der Waals surface area contributed by atoms with Gasteiger partial charge in [0.25, 0.3) is 0 Å². The van der Waals surface area contributed by atoms with Gasteiger partial charge in [0.2, 0.25) is 0 Å². The quantitative estimate of drug-likeness (QED) is 0.666. The van der Waals surface area contributed by atoms with Gasteiger partial charge in [-0.25, -0.2) is 0 Å². The number of benzene rings is 1. The van der Waals surface area contributed by atoms with Gasteiger partial charge in [-0.3, -0.25) is 9.67 Å². The van der Waals surface area contributed by atoms with Crippen molar-refractivity contribution in [3.63, 3.8) is 0 Å². The van der Waals surface area contributed by atoms with Crippen LogP contribution < -0.4 is 0 Å². The molecule has 25 heavy (non-hydrogen) atoms. The summed E-state index contributed by atoms with van der Waals surface area (Å²) >= 11 is 0. The Balaban J connectivity index is 2.08. The number of hydrogen-bond acceptors (Lipinski definition) is 4. The van der Waals surface area contributed by atoms with E-state index in [1.165, 1.54) is 0 Å². The van der Waals surface area contributed by atoms with E-state index in [-0.39, 0.29) is 0 Å². The molecular formula is C20H15N5. The zero-order valence-corrected chi connectivity index (χ0v) is 13.5. The molecule has 0 aliphatic carbocycles. The van der Waals surface area contributed by atoms with E-state index < -0.39 is 0 Å². The standard InChI is InChI=1S/C20H15N5/c21-10-6-12-25-15-18(20(24-25)16-7-2-1-3-8-16)13-17(14-22)19-9-4-5-11-23-19/h1-5,7-9,11,13,15H,6,12H2/b17-13-.